The smallest absolute Gasteiger partial charge is 0.243 e. The Morgan fingerprint density at radius 3 is 2.69 bits per heavy atom. The van der Waals surface area contributed by atoms with Gasteiger partial charge in [0.1, 0.15) is 0 Å². The average molecular weight is 374 g/mol. The van der Waals surface area contributed by atoms with E-state index in [2.05, 4.69) is 32.7 Å². The summed E-state index contributed by atoms with van der Waals surface area (Å²) in [4.78, 5) is 24.3. The highest BCUT2D eigenvalue weighted by Crippen LogP contribution is 2.20. The van der Waals surface area contributed by atoms with E-state index in [0.717, 1.165) is 16.8 Å². The molecule has 1 aromatic heterocycles. The number of aryl methyl sites for hydroxylation is 2. The number of carbonyl (C=O) groups is 2. The molecule has 2 rings (SSSR count). The first-order valence-electron chi connectivity index (χ1n) is 8.10. The molecule has 0 bridgehead atoms. The number of allylic oxidation sites excluding steroid dienone is 1. The van der Waals surface area contributed by atoms with Crippen LogP contribution < -0.4 is 10.6 Å². The van der Waals surface area contributed by atoms with Gasteiger partial charge in [-0.2, -0.15) is 0 Å². The van der Waals surface area contributed by atoms with Gasteiger partial charge >= 0.3 is 0 Å². The van der Waals surface area contributed by atoms with E-state index in [1.807, 2.05) is 32.0 Å². The molecule has 0 fully saturated rings. The van der Waals surface area contributed by atoms with Gasteiger partial charge in [0.2, 0.25) is 17.0 Å². The number of nitrogens with zero attached hydrogens (tertiary/aromatic N) is 4. The molecule has 0 saturated carbocycles. The van der Waals surface area contributed by atoms with Gasteiger partial charge in [0, 0.05) is 5.69 Å². The molecule has 2 aromatic rings. The Morgan fingerprint density at radius 1 is 1.35 bits per heavy atom. The normalized spacial score (nSPS) is 11.7. The molecule has 0 aliphatic heterocycles. The summed E-state index contributed by atoms with van der Waals surface area (Å²) < 4.78 is 1.55. The van der Waals surface area contributed by atoms with Gasteiger partial charge in [-0.3, -0.25) is 9.59 Å². The maximum Gasteiger partial charge on any atom is 0.243 e. The van der Waals surface area contributed by atoms with Crippen molar-refractivity contribution in [1.29, 1.82) is 0 Å². The fourth-order valence-corrected chi connectivity index (χ4v) is 3.06. The third kappa shape index (κ3) is 5.16. The van der Waals surface area contributed by atoms with Crippen LogP contribution in [0.3, 0.4) is 0 Å². The second-order valence-electron chi connectivity index (χ2n) is 5.73. The lowest BCUT2D eigenvalue weighted by molar-refractivity contribution is -0.123. The van der Waals surface area contributed by atoms with Gasteiger partial charge in [0.15, 0.2) is 0 Å². The number of anilines is 1. The number of tetrazole rings is 1. The van der Waals surface area contributed by atoms with Gasteiger partial charge in [-0.15, -0.1) is 11.7 Å². The zero-order valence-electron chi connectivity index (χ0n) is 15.0. The monoisotopic (exact) mass is 374 g/mol. The topological polar surface area (TPSA) is 102 Å². The van der Waals surface area contributed by atoms with Crippen molar-refractivity contribution in [2.75, 3.05) is 11.9 Å². The number of amides is 2. The van der Waals surface area contributed by atoms with Crippen molar-refractivity contribution in [3.05, 3.63) is 42.0 Å². The molecule has 26 heavy (non-hydrogen) atoms. The first-order chi connectivity index (χ1) is 12.4. The molecule has 2 N–H and O–H groups in total. The van der Waals surface area contributed by atoms with Crippen LogP contribution in [0.1, 0.15) is 18.1 Å². The number of para-hydroxylation sites is 1. The van der Waals surface area contributed by atoms with E-state index >= 15 is 0 Å². The maximum atomic E-state index is 12.2. The minimum absolute atomic E-state index is 0.102. The zero-order valence-corrected chi connectivity index (χ0v) is 15.8. The second kappa shape index (κ2) is 9.14. The molecule has 1 atom stereocenters. The summed E-state index contributed by atoms with van der Waals surface area (Å²) in [5.74, 6) is -0.538. The lowest BCUT2D eigenvalue weighted by Crippen LogP contribution is -2.37. The van der Waals surface area contributed by atoms with E-state index in [1.54, 1.807) is 17.7 Å². The van der Waals surface area contributed by atoms with Crippen LogP contribution in [-0.4, -0.2) is 43.8 Å². The molecule has 1 heterocycles. The summed E-state index contributed by atoms with van der Waals surface area (Å²) in [6, 6.07) is 5.78. The molecular formula is C17H22N6O2S. The Hall–Kier alpha value is -2.68. The summed E-state index contributed by atoms with van der Waals surface area (Å²) in [7, 11) is 0. The highest BCUT2D eigenvalue weighted by molar-refractivity contribution is 8.00. The summed E-state index contributed by atoms with van der Waals surface area (Å²) in [6.45, 7) is 9.58. The first-order valence-corrected chi connectivity index (χ1v) is 8.97. The van der Waals surface area contributed by atoms with E-state index in [9.17, 15) is 9.59 Å². The van der Waals surface area contributed by atoms with Crippen molar-refractivity contribution in [3.63, 3.8) is 0 Å². The Balaban J connectivity index is 1.86. The molecule has 0 spiro atoms. The third-order valence-electron chi connectivity index (χ3n) is 3.62. The van der Waals surface area contributed by atoms with Crippen molar-refractivity contribution >= 4 is 29.3 Å². The van der Waals surface area contributed by atoms with Gasteiger partial charge in [0.05, 0.1) is 18.3 Å². The highest BCUT2D eigenvalue weighted by Gasteiger charge is 2.19. The van der Waals surface area contributed by atoms with Crippen molar-refractivity contribution in [3.8, 4) is 0 Å². The van der Waals surface area contributed by atoms with E-state index < -0.39 is 5.25 Å². The quantitative estimate of drug-likeness (QED) is 0.539. The summed E-state index contributed by atoms with van der Waals surface area (Å²) in [6.07, 6.45) is 1.67. The predicted molar refractivity (Wildman–Crippen MR) is 101 cm³/mol. The third-order valence-corrected chi connectivity index (χ3v) is 4.69. The summed E-state index contributed by atoms with van der Waals surface area (Å²) >= 11 is 1.22. The second-order valence-corrected chi connectivity index (χ2v) is 7.03. The fraction of sp³-hybridized carbons (Fsp3) is 0.353. The van der Waals surface area contributed by atoms with Crippen LogP contribution in [0, 0.1) is 13.8 Å². The molecule has 138 valence electrons. The van der Waals surface area contributed by atoms with E-state index in [4.69, 9.17) is 0 Å². The highest BCUT2D eigenvalue weighted by atomic mass is 32.2. The van der Waals surface area contributed by atoms with Crippen molar-refractivity contribution in [1.82, 2.24) is 25.5 Å². The van der Waals surface area contributed by atoms with Gasteiger partial charge in [-0.05, 0) is 42.3 Å². The average Bonchev–Trinajstić information content (AvgIpc) is 3.03. The van der Waals surface area contributed by atoms with Crippen LogP contribution in [0.2, 0.25) is 0 Å². The van der Waals surface area contributed by atoms with Crippen LogP contribution in [-0.2, 0) is 16.1 Å². The lowest BCUT2D eigenvalue weighted by Gasteiger charge is -2.13. The van der Waals surface area contributed by atoms with Crippen LogP contribution in [0.15, 0.2) is 36.0 Å². The van der Waals surface area contributed by atoms with E-state index in [1.165, 1.54) is 11.8 Å². The summed E-state index contributed by atoms with van der Waals surface area (Å²) in [5, 5.41) is 16.8. The number of nitrogens with one attached hydrogen (secondary N) is 2. The van der Waals surface area contributed by atoms with Gasteiger partial charge in [-0.1, -0.05) is 36.0 Å². The van der Waals surface area contributed by atoms with Crippen molar-refractivity contribution in [2.24, 2.45) is 0 Å². The van der Waals surface area contributed by atoms with E-state index in [0.29, 0.717) is 11.7 Å². The molecule has 0 aliphatic carbocycles. The standard InChI is InChI=1S/C17H22N6O2S/c1-5-9-23-17(20-21-22-23)26-13(4)16(25)18-10-14(24)19-15-11(2)7-6-8-12(15)3/h5-8,13H,1,9-10H2,2-4H3,(H,18,25)(H,19,24). The SMILES string of the molecule is C=CCn1nnnc1SC(C)C(=O)NCC(=O)Nc1c(C)cccc1C. The van der Waals surface area contributed by atoms with Crippen LogP contribution in [0.4, 0.5) is 5.69 Å². The Bertz CT molecular complexity index is 784. The number of hydrogen-bond acceptors (Lipinski definition) is 6. The lowest BCUT2D eigenvalue weighted by atomic mass is 10.1. The van der Waals surface area contributed by atoms with Crippen molar-refractivity contribution < 1.29 is 9.59 Å². The van der Waals surface area contributed by atoms with Crippen LogP contribution >= 0.6 is 11.8 Å². The largest absolute Gasteiger partial charge is 0.346 e. The molecule has 2 amide bonds. The zero-order chi connectivity index (χ0) is 19.1. The molecule has 0 saturated heterocycles. The number of benzene rings is 1. The Morgan fingerprint density at radius 2 is 2.04 bits per heavy atom. The van der Waals surface area contributed by atoms with Gasteiger partial charge in [0.25, 0.3) is 0 Å². The van der Waals surface area contributed by atoms with Gasteiger partial charge in [-0.25, -0.2) is 4.68 Å². The molecule has 0 aliphatic rings. The molecule has 1 unspecified atom stereocenters. The number of hydrogen-bond donors (Lipinski definition) is 2. The first kappa shape index (κ1) is 19.6. The van der Waals surface area contributed by atoms with Gasteiger partial charge < -0.3 is 10.6 Å². The number of carbonyl (C=O) groups excluding carboxylic acids is 2. The fourth-order valence-electron chi connectivity index (χ4n) is 2.24. The Labute approximate surface area is 156 Å². The van der Waals surface area contributed by atoms with Crippen LogP contribution in [0.25, 0.3) is 0 Å². The number of rotatable bonds is 8. The molecule has 8 nitrogen and oxygen atoms in total. The molecule has 9 heteroatoms. The predicted octanol–water partition coefficient (Wildman–Crippen LogP) is 1.71. The number of aromatic nitrogens is 4. The molecule has 0 radical (unpaired) electrons. The summed E-state index contributed by atoms with van der Waals surface area (Å²) in [5.41, 5.74) is 2.73. The molecular weight excluding hydrogens is 352 g/mol. The Kier molecular flexibility index (Phi) is 6.90. The maximum absolute atomic E-state index is 12.2. The molecule has 1 aromatic carbocycles. The minimum atomic E-state index is -0.447. The number of thioether (sulfide) groups is 1. The van der Waals surface area contributed by atoms with Crippen LogP contribution in [0.5, 0.6) is 0 Å². The minimum Gasteiger partial charge on any atom is -0.346 e. The van der Waals surface area contributed by atoms with E-state index in [-0.39, 0.29) is 18.4 Å². The van der Waals surface area contributed by atoms with Crippen molar-refractivity contribution in [2.45, 2.75) is 37.7 Å².